The molecule has 0 atom stereocenters. The van der Waals surface area contributed by atoms with Crippen molar-refractivity contribution >= 4 is 17.7 Å². The fourth-order valence-corrected chi connectivity index (χ4v) is 2.59. The van der Waals surface area contributed by atoms with Crippen molar-refractivity contribution in [3.05, 3.63) is 22.5 Å². The van der Waals surface area contributed by atoms with E-state index in [-0.39, 0.29) is 24.0 Å². The van der Waals surface area contributed by atoms with Gasteiger partial charge < -0.3 is 19.4 Å². The van der Waals surface area contributed by atoms with Crippen LogP contribution in [0.15, 0.2) is 0 Å². The number of rotatable bonds is 4. The summed E-state index contributed by atoms with van der Waals surface area (Å²) in [5.74, 6) is -0.992. The number of hydrogen-bond acceptors (Lipinski definition) is 5. The summed E-state index contributed by atoms with van der Waals surface area (Å²) in [6.45, 7) is 6.54. The molecule has 2 heterocycles. The standard InChI is InChI=1S/C15H20N2O5/c1-9-13(11(3)18)10(2)16-14(9)15(20)22-8-12(19)17-4-6-21-7-5-17/h16H,4-8H2,1-3H3. The van der Waals surface area contributed by atoms with Crippen LogP contribution in [0, 0.1) is 13.8 Å². The van der Waals surface area contributed by atoms with Gasteiger partial charge in [0.2, 0.25) is 0 Å². The lowest BCUT2D eigenvalue weighted by atomic mass is 10.1. The lowest BCUT2D eigenvalue weighted by Crippen LogP contribution is -2.42. The summed E-state index contributed by atoms with van der Waals surface area (Å²) in [6.07, 6.45) is 0. The summed E-state index contributed by atoms with van der Waals surface area (Å²) in [5.41, 5.74) is 1.88. The maximum Gasteiger partial charge on any atom is 0.355 e. The number of nitrogens with zero attached hydrogens (tertiary/aromatic N) is 1. The zero-order chi connectivity index (χ0) is 16.3. The SMILES string of the molecule is CC(=O)c1c(C)[nH]c(C(=O)OCC(=O)N2CCOCC2)c1C. The second-order valence-corrected chi connectivity index (χ2v) is 5.25. The average molecular weight is 308 g/mol. The predicted molar refractivity (Wildman–Crippen MR) is 78.0 cm³/mol. The van der Waals surface area contributed by atoms with Gasteiger partial charge in [0.1, 0.15) is 5.69 Å². The van der Waals surface area contributed by atoms with Crippen LogP contribution in [-0.4, -0.2) is 60.5 Å². The molecule has 1 saturated heterocycles. The topological polar surface area (TPSA) is 88.7 Å². The van der Waals surface area contributed by atoms with E-state index in [1.165, 1.54) is 6.92 Å². The molecule has 0 aliphatic carbocycles. The minimum absolute atomic E-state index is 0.116. The van der Waals surface area contributed by atoms with Gasteiger partial charge in [0, 0.05) is 24.3 Å². The number of esters is 1. The molecule has 1 aliphatic rings. The third-order valence-electron chi connectivity index (χ3n) is 3.68. The first kappa shape index (κ1) is 16.2. The number of amides is 1. The maximum atomic E-state index is 12.1. The molecule has 0 bridgehead atoms. The number of ketones is 1. The van der Waals surface area contributed by atoms with Gasteiger partial charge in [-0.05, 0) is 26.3 Å². The number of H-pyrrole nitrogens is 1. The van der Waals surface area contributed by atoms with Crippen molar-refractivity contribution in [2.75, 3.05) is 32.9 Å². The Bertz CT molecular complexity index is 599. The minimum Gasteiger partial charge on any atom is -0.451 e. The summed E-state index contributed by atoms with van der Waals surface area (Å²) in [5, 5.41) is 0. The van der Waals surface area contributed by atoms with Gasteiger partial charge in [-0.15, -0.1) is 0 Å². The minimum atomic E-state index is -0.630. The molecule has 7 nitrogen and oxygen atoms in total. The number of Topliss-reactive ketones (excluding diaryl/α,β-unsaturated/α-hetero) is 1. The van der Waals surface area contributed by atoms with Crippen LogP contribution in [0.1, 0.15) is 39.0 Å². The van der Waals surface area contributed by atoms with Crippen molar-refractivity contribution < 1.29 is 23.9 Å². The molecular formula is C15H20N2O5. The molecule has 2 rings (SSSR count). The maximum absolute atomic E-state index is 12.1. The molecule has 0 spiro atoms. The summed E-state index contributed by atoms with van der Waals surface area (Å²) >= 11 is 0. The van der Waals surface area contributed by atoms with Crippen LogP contribution in [0.25, 0.3) is 0 Å². The van der Waals surface area contributed by atoms with Crippen LogP contribution >= 0.6 is 0 Å². The lowest BCUT2D eigenvalue weighted by molar-refractivity contribution is -0.138. The van der Waals surface area contributed by atoms with Crippen molar-refractivity contribution in [1.82, 2.24) is 9.88 Å². The van der Waals surface area contributed by atoms with Crippen LogP contribution < -0.4 is 0 Å². The van der Waals surface area contributed by atoms with Gasteiger partial charge in [0.25, 0.3) is 5.91 Å². The van der Waals surface area contributed by atoms with Crippen LogP contribution in [0.3, 0.4) is 0 Å². The molecule has 1 aromatic heterocycles. The Morgan fingerprint density at radius 2 is 1.86 bits per heavy atom. The number of carbonyl (C=O) groups excluding carboxylic acids is 3. The quantitative estimate of drug-likeness (QED) is 0.658. The number of aryl methyl sites for hydroxylation is 1. The Morgan fingerprint density at radius 1 is 1.23 bits per heavy atom. The molecule has 0 aromatic carbocycles. The second kappa shape index (κ2) is 6.74. The zero-order valence-electron chi connectivity index (χ0n) is 13.0. The predicted octanol–water partition coefficient (Wildman–Crippen LogP) is 0.850. The van der Waals surface area contributed by atoms with E-state index in [4.69, 9.17) is 9.47 Å². The van der Waals surface area contributed by atoms with Gasteiger partial charge >= 0.3 is 5.97 Å². The zero-order valence-corrected chi connectivity index (χ0v) is 13.0. The van der Waals surface area contributed by atoms with Crippen LogP contribution in [-0.2, 0) is 14.3 Å². The van der Waals surface area contributed by atoms with E-state index in [1.807, 2.05) is 0 Å². The van der Waals surface area contributed by atoms with Gasteiger partial charge in [0.15, 0.2) is 12.4 Å². The fourth-order valence-electron chi connectivity index (χ4n) is 2.59. The monoisotopic (exact) mass is 308 g/mol. The molecule has 1 aromatic rings. The lowest BCUT2D eigenvalue weighted by Gasteiger charge is -2.26. The van der Waals surface area contributed by atoms with E-state index in [0.717, 1.165) is 0 Å². The van der Waals surface area contributed by atoms with E-state index in [0.29, 0.717) is 43.1 Å². The first-order valence-electron chi connectivity index (χ1n) is 7.14. The van der Waals surface area contributed by atoms with E-state index >= 15 is 0 Å². The van der Waals surface area contributed by atoms with Crippen molar-refractivity contribution in [3.8, 4) is 0 Å². The molecule has 1 amide bonds. The Kier molecular flexibility index (Phi) is 4.97. The number of ether oxygens (including phenoxy) is 2. The molecule has 1 fully saturated rings. The van der Waals surface area contributed by atoms with E-state index in [9.17, 15) is 14.4 Å². The first-order valence-corrected chi connectivity index (χ1v) is 7.14. The van der Waals surface area contributed by atoms with Crippen molar-refractivity contribution in [2.45, 2.75) is 20.8 Å². The molecule has 0 radical (unpaired) electrons. The van der Waals surface area contributed by atoms with Gasteiger partial charge in [-0.1, -0.05) is 0 Å². The third-order valence-corrected chi connectivity index (χ3v) is 3.68. The van der Waals surface area contributed by atoms with Crippen LogP contribution in [0.4, 0.5) is 0 Å². The number of morpholine rings is 1. The van der Waals surface area contributed by atoms with Gasteiger partial charge in [-0.2, -0.15) is 0 Å². The molecule has 0 unspecified atom stereocenters. The van der Waals surface area contributed by atoms with Crippen molar-refractivity contribution in [3.63, 3.8) is 0 Å². The smallest absolute Gasteiger partial charge is 0.355 e. The van der Waals surface area contributed by atoms with Gasteiger partial charge in [0.05, 0.1) is 13.2 Å². The summed E-state index contributed by atoms with van der Waals surface area (Å²) in [6, 6.07) is 0. The van der Waals surface area contributed by atoms with E-state index < -0.39 is 5.97 Å². The normalized spacial score (nSPS) is 14.8. The molecular weight excluding hydrogens is 288 g/mol. The number of aromatic amines is 1. The Morgan fingerprint density at radius 3 is 2.41 bits per heavy atom. The van der Waals surface area contributed by atoms with E-state index in [2.05, 4.69) is 4.98 Å². The first-order chi connectivity index (χ1) is 10.4. The Hall–Kier alpha value is -2.15. The van der Waals surface area contributed by atoms with Crippen LogP contribution in [0.2, 0.25) is 0 Å². The number of carbonyl (C=O) groups is 3. The summed E-state index contributed by atoms with van der Waals surface area (Å²) < 4.78 is 10.2. The number of nitrogens with one attached hydrogen (secondary N) is 1. The van der Waals surface area contributed by atoms with Crippen LogP contribution in [0.5, 0.6) is 0 Å². The summed E-state index contributed by atoms with van der Waals surface area (Å²) in [7, 11) is 0. The Labute approximate surface area is 128 Å². The second-order valence-electron chi connectivity index (χ2n) is 5.25. The highest BCUT2D eigenvalue weighted by molar-refractivity contribution is 6.01. The number of aromatic nitrogens is 1. The Balaban J connectivity index is 1.99. The van der Waals surface area contributed by atoms with Crippen molar-refractivity contribution in [2.24, 2.45) is 0 Å². The largest absolute Gasteiger partial charge is 0.451 e. The third kappa shape index (κ3) is 3.36. The molecule has 7 heteroatoms. The highest BCUT2D eigenvalue weighted by atomic mass is 16.5. The molecule has 22 heavy (non-hydrogen) atoms. The number of hydrogen-bond donors (Lipinski definition) is 1. The molecule has 1 N–H and O–H groups in total. The molecule has 120 valence electrons. The van der Waals surface area contributed by atoms with Gasteiger partial charge in [-0.25, -0.2) is 4.79 Å². The fraction of sp³-hybridized carbons (Fsp3) is 0.533. The van der Waals surface area contributed by atoms with Gasteiger partial charge in [-0.3, -0.25) is 9.59 Å². The highest BCUT2D eigenvalue weighted by Gasteiger charge is 2.23. The molecule has 0 saturated carbocycles. The van der Waals surface area contributed by atoms with Crippen molar-refractivity contribution in [1.29, 1.82) is 0 Å². The highest BCUT2D eigenvalue weighted by Crippen LogP contribution is 2.19. The summed E-state index contributed by atoms with van der Waals surface area (Å²) in [4.78, 5) is 40.0. The van der Waals surface area contributed by atoms with E-state index in [1.54, 1.807) is 18.7 Å². The average Bonchev–Trinajstić information content (AvgIpc) is 2.80. The molecule has 1 aliphatic heterocycles.